The minimum absolute atomic E-state index is 0.0291. The molecule has 3 aromatic rings. The van der Waals surface area contributed by atoms with E-state index in [-0.39, 0.29) is 11.9 Å². The maximum atomic E-state index is 11.6. The summed E-state index contributed by atoms with van der Waals surface area (Å²) in [5.74, 6) is 1.08. The van der Waals surface area contributed by atoms with Gasteiger partial charge < -0.3 is 9.84 Å². The van der Waals surface area contributed by atoms with Crippen LogP contribution in [0, 0.1) is 0 Å². The molecule has 0 aliphatic rings. The monoisotopic (exact) mass is 350 g/mol. The third-order valence-corrected chi connectivity index (χ3v) is 4.37. The van der Waals surface area contributed by atoms with Crippen molar-refractivity contribution in [3.8, 4) is 11.4 Å². The predicted octanol–water partition coefficient (Wildman–Crippen LogP) is 3.29. The smallest absolute Gasteiger partial charge is 0.251 e. The molecule has 26 heavy (non-hydrogen) atoms. The van der Waals surface area contributed by atoms with Gasteiger partial charge in [0.1, 0.15) is 0 Å². The molecule has 0 saturated carbocycles. The standard InChI is InChI=1S/C20H22N4O2/c1-14(20-22-18(23-26-20)16-7-5-4-6-8-16)24(3)13-15-9-11-17(12-10-15)19(25)21-2/h4-12,14H,13H2,1-3H3,(H,21,25). The molecule has 1 unspecified atom stereocenters. The maximum absolute atomic E-state index is 11.6. The third-order valence-electron chi connectivity index (χ3n) is 4.37. The Morgan fingerprint density at radius 3 is 2.50 bits per heavy atom. The summed E-state index contributed by atoms with van der Waals surface area (Å²) in [6.07, 6.45) is 0. The second-order valence-corrected chi connectivity index (χ2v) is 6.19. The lowest BCUT2D eigenvalue weighted by molar-refractivity contribution is 0.0963. The first-order valence-corrected chi connectivity index (χ1v) is 8.48. The van der Waals surface area contributed by atoms with Crippen LogP contribution in [0.5, 0.6) is 0 Å². The molecule has 0 aliphatic heterocycles. The van der Waals surface area contributed by atoms with Crippen LogP contribution in [0.4, 0.5) is 0 Å². The Kier molecular flexibility index (Phi) is 5.43. The normalized spacial score (nSPS) is 12.2. The largest absolute Gasteiger partial charge is 0.355 e. The summed E-state index contributed by atoms with van der Waals surface area (Å²) < 4.78 is 5.45. The second-order valence-electron chi connectivity index (χ2n) is 6.19. The molecule has 3 rings (SSSR count). The van der Waals surface area contributed by atoms with Crippen molar-refractivity contribution in [1.82, 2.24) is 20.4 Å². The molecule has 0 aliphatic carbocycles. The number of nitrogens with zero attached hydrogens (tertiary/aromatic N) is 3. The van der Waals surface area contributed by atoms with E-state index in [0.717, 1.165) is 11.1 Å². The van der Waals surface area contributed by atoms with Crippen LogP contribution in [0.25, 0.3) is 11.4 Å². The lowest BCUT2D eigenvalue weighted by Gasteiger charge is -2.21. The molecule has 0 saturated heterocycles. The van der Waals surface area contributed by atoms with Crippen molar-refractivity contribution >= 4 is 5.91 Å². The SMILES string of the molecule is CNC(=O)c1ccc(CN(C)C(C)c2nc(-c3ccccc3)no2)cc1. The van der Waals surface area contributed by atoms with Gasteiger partial charge in [0.25, 0.3) is 5.91 Å². The zero-order chi connectivity index (χ0) is 18.5. The average Bonchev–Trinajstić information content (AvgIpc) is 3.18. The van der Waals surface area contributed by atoms with Gasteiger partial charge in [0.15, 0.2) is 0 Å². The van der Waals surface area contributed by atoms with Crippen molar-refractivity contribution in [2.75, 3.05) is 14.1 Å². The van der Waals surface area contributed by atoms with E-state index < -0.39 is 0 Å². The van der Waals surface area contributed by atoms with E-state index >= 15 is 0 Å². The number of carbonyl (C=O) groups is 1. The molecule has 1 atom stereocenters. The van der Waals surface area contributed by atoms with Gasteiger partial charge in [-0.2, -0.15) is 4.98 Å². The van der Waals surface area contributed by atoms with Crippen molar-refractivity contribution in [2.24, 2.45) is 0 Å². The van der Waals surface area contributed by atoms with E-state index in [1.165, 1.54) is 0 Å². The van der Waals surface area contributed by atoms with Crippen LogP contribution in [-0.2, 0) is 6.54 Å². The van der Waals surface area contributed by atoms with E-state index in [2.05, 4.69) is 20.4 Å². The van der Waals surface area contributed by atoms with E-state index in [0.29, 0.717) is 23.8 Å². The van der Waals surface area contributed by atoms with Crippen molar-refractivity contribution in [2.45, 2.75) is 19.5 Å². The highest BCUT2D eigenvalue weighted by Gasteiger charge is 2.19. The Morgan fingerprint density at radius 1 is 1.15 bits per heavy atom. The molecule has 0 fully saturated rings. The van der Waals surface area contributed by atoms with Crippen LogP contribution in [0.2, 0.25) is 0 Å². The van der Waals surface area contributed by atoms with Gasteiger partial charge in [-0.15, -0.1) is 0 Å². The Labute approximate surface area is 152 Å². The van der Waals surface area contributed by atoms with Gasteiger partial charge in [-0.25, -0.2) is 0 Å². The number of carbonyl (C=O) groups excluding carboxylic acids is 1. The van der Waals surface area contributed by atoms with Gasteiger partial charge in [0.2, 0.25) is 11.7 Å². The lowest BCUT2D eigenvalue weighted by Crippen LogP contribution is -2.22. The summed E-state index contributed by atoms with van der Waals surface area (Å²) in [4.78, 5) is 18.3. The van der Waals surface area contributed by atoms with Crippen molar-refractivity contribution in [3.05, 3.63) is 71.6 Å². The van der Waals surface area contributed by atoms with Crippen molar-refractivity contribution in [3.63, 3.8) is 0 Å². The highest BCUT2D eigenvalue weighted by Crippen LogP contribution is 2.22. The maximum Gasteiger partial charge on any atom is 0.251 e. The summed E-state index contributed by atoms with van der Waals surface area (Å²) in [7, 11) is 3.63. The van der Waals surface area contributed by atoms with E-state index in [1.807, 2.05) is 68.6 Å². The second kappa shape index (κ2) is 7.93. The molecule has 0 bridgehead atoms. The first-order valence-electron chi connectivity index (χ1n) is 8.48. The van der Waals surface area contributed by atoms with Crippen LogP contribution in [0.15, 0.2) is 59.1 Å². The lowest BCUT2D eigenvalue weighted by atomic mass is 10.1. The third kappa shape index (κ3) is 3.97. The quantitative estimate of drug-likeness (QED) is 0.739. The Morgan fingerprint density at radius 2 is 1.85 bits per heavy atom. The molecule has 6 heteroatoms. The fourth-order valence-electron chi connectivity index (χ4n) is 2.63. The number of rotatable bonds is 6. The molecular weight excluding hydrogens is 328 g/mol. The summed E-state index contributed by atoms with van der Waals surface area (Å²) in [6.45, 7) is 2.74. The Balaban J connectivity index is 1.67. The van der Waals surface area contributed by atoms with Gasteiger partial charge >= 0.3 is 0 Å². The van der Waals surface area contributed by atoms with Crippen LogP contribution in [0.1, 0.15) is 34.8 Å². The molecule has 1 heterocycles. The summed E-state index contributed by atoms with van der Waals surface area (Å²) in [5, 5.41) is 6.70. The molecule has 0 spiro atoms. The highest BCUT2D eigenvalue weighted by molar-refractivity contribution is 5.93. The first-order chi connectivity index (χ1) is 12.6. The highest BCUT2D eigenvalue weighted by atomic mass is 16.5. The predicted molar refractivity (Wildman–Crippen MR) is 99.4 cm³/mol. The topological polar surface area (TPSA) is 71.3 Å². The van der Waals surface area contributed by atoms with Crippen LogP contribution in [0.3, 0.4) is 0 Å². The van der Waals surface area contributed by atoms with E-state index in [9.17, 15) is 4.79 Å². The minimum atomic E-state index is -0.0856. The molecule has 1 aromatic heterocycles. The first kappa shape index (κ1) is 17.8. The zero-order valence-corrected chi connectivity index (χ0v) is 15.1. The number of benzene rings is 2. The number of amides is 1. The summed E-state index contributed by atoms with van der Waals surface area (Å²) in [5.41, 5.74) is 2.69. The zero-order valence-electron chi connectivity index (χ0n) is 15.1. The van der Waals surface area contributed by atoms with Crippen LogP contribution in [-0.4, -0.2) is 35.0 Å². The summed E-state index contributed by atoms with van der Waals surface area (Å²) in [6, 6.07) is 17.3. The van der Waals surface area contributed by atoms with Gasteiger partial charge in [-0.05, 0) is 31.7 Å². The van der Waals surface area contributed by atoms with E-state index in [1.54, 1.807) is 7.05 Å². The summed E-state index contributed by atoms with van der Waals surface area (Å²) >= 11 is 0. The molecule has 1 amide bonds. The van der Waals surface area contributed by atoms with Crippen molar-refractivity contribution < 1.29 is 9.32 Å². The average molecular weight is 350 g/mol. The number of aromatic nitrogens is 2. The molecule has 0 radical (unpaired) electrons. The van der Waals surface area contributed by atoms with Gasteiger partial charge in [-0.1, -0.05) is 47.6 Å². The van der Waals surface area contributed by atoms with E-state index in [4.69, 9.17) is 4.52 Å². The number of hydrogen-bond donors (Lipinski definition) is 1. The molecule has 2 aromatic carbocycles. The fraction of sp³-hybridized carbons (Fsp3) is 0.250. The molecule has 6 nitrogen and oxygen atoms in total. The van der Waals surface area contributed by atoms with Gasteiger partial charge in [0.05, 0.1) is 6.04 Å². The number of hydrogen-bond acceptors (Lipinski definition) is 5. The molecule has 1 N–H and O–H groups in total. The number of nitrogens with one attached hydrogen (secondary N) is 1. The van der Waals surface area contributed by atoms with Crippen LogP contribution < -0.4 is 5.32 Å². The Hall–Kier alpha value is -2.99. The molecule has 134 valence electrons. The Bertz CT molecular complexity index is 859. The van der Waals surface area contributed by atoms with Crippen LogP contribution >= 0.6 is 0 Å². The van der Waals surface area contributed by atoms with Gasteiger partial charge in [-0.3, -0.25) is 9.69 Å². The van der Waals surface area contributed by atoms with Gasteiger partial charge in [0, 0.05) is 24.7 Å². The fourth-order valence-corrected chi connectivity index (χ4v) is 2.63. The molecular formula is C20H22N4O2. The van der Waals surface area contributed by atoms with Crippen molar-refractivity contribution in [1.29, 1.82) is 0 Å². The minimum Gasteiger partial charge on any atom is -0.355 e.